The maximum Gasteiger partial charge on any atom is 0.407 e. The van der Waals surface area contributed by atoms with E-state index in [0.29, 0.717) is 6.42 Å². The van der Waals surface area contributed by atoms with E-state index in [1.165, 1.54) is 0 Å². The third-order valence-corrected chi connectivity index (χ3v) is 5.92. The molecule has 0 saturated carbocycles. The highest BCUT2D eigenvalue weighted by Crippen LogP contribution is 2.44. The number of nitrogens with one attached hydrogen (secondary N) is 1. The van der Waals surface area contributed by atoms with Crippen molar-refractivity contribution in [1.82, 2.24) is 5.32 Å². The first-order valence-corrected chi connectivity index (χ1v) is 11.5. The molecule has 5 heteroatoms. The Kier molecular flexibility index (Phi) is 7.43. The van der Waals surface area contributed by atoms with Gasteiger partial charge in [0.2, 0.25) is 0 Å². The third-order valence-electron chi connectivity index (χ3n) is 5.92. The minimum absolute atomic E-state index is 0.0460. The molecule has 0 bridgehead atoms. The van der Waals surface area contributed by atoms with Crippen LogP contribution in [0, 0.1) is 0 Å². The molecule has 0 saturated heterocycles. The van der Waals surface area contributed by atoms with E-state index in [4.69, 9.17) is 9.47 Å². The van der Waals surface area contributed by atoms with Crippen LogP contribution < -0.4 is 5.32 Å². The van der Waals surface area contributed by atoms with Gasteiger partial charge in [-0.05, 0) is 47.7 Å². The van der Waals surface area contributed by atoms with Gasteiger partial charge in [0.1, 0.15) is 19.3 Å². The minimum atomic E-state index is -0.844. The van der Waals surface area contributed by atoms with Crippen molar-refractivity contribution in [1.29, 1.82) is 0 Å². The second-order valence-corrected chi connectivity index (χ2v) is 8.62. The molecule has 3 aromatic rings. The van der Waals surface area contributed by atoms with Crippen LogP contribution in [0.1, 0.15) is 36.5 Å². The molecule has 5 nitrogen and oxygen atoms in total. The van der Waals surface area contributed by atoms with Crippen LogP contribution in [0.3, 0.4) is 0 Å². The Morgan fingerprint density at radius 3 is 2.06 bits per heavy atom. The largest absolute Gasteiger partial charge is 0.460 e. The lowest BCUT2D eigenvalue weighted by atomic mass is 9.98. The average Bonchev–Trinajstić information content (AvgIpc) is 3.16. The Morgan fingerprint density at radius 1 is 0.853 bits per heavy atom. The van der Waals surface area contributed by atoms with E-state index in [0.717, 1.165) is 33.4 Å². The maximum atomic E-state index is 12.8. The number of amides is 1. The van der Waals surface area contributed by atoms with Gasteiger partial charge in [-0.2, -0.15) is 0 Å². The zero-order valence-electron chi connectivity index (χ0n) is 19.5. The van der Waals surface area contributed by atoms with Gasteiger partial charge in [-0.1, -0.05) is 84.4 Å². The number of hydrogen-bond donors (Lipinski definition) is 1. The fraction of sp³-hybridized carbons (Fsp3) is 0.241. The molecule has 1 aliphatic carbocycles. The van der Waals surface area contributed by atoms with Crippen LogP contribution in [0.5, 0.6) is 0 Å². The highest BCUT2D eigenvalue weighted by molar-refractivity contribution is 5.82. The number of fused-ring (bicyclic) bond motifs is 3. The van der Waals surface area contributed by atoms with Gasteiger partial charge < -0.3 is 14.8 Å². The number of allylic oxidation sites excluding steroid dienone is 1. The summed E-state index contributed by atoms with van der Waals surface area (Å²) in [6.07, 6.45) is 1.51. The zero-order chi connectivity index (χ0) is 23.9. The third kappa shape index (κ3) is 5.54. The molecule has 1 aliphatic rings. The van der Waals surface area contributed by atoms with Gasteiger partial charge in [-0.25, -0.2) is 9.59 Å². The number of benzene rings is 3. The summed E-state index contributed by atoms with van der Waals surface area (Å²) in [6, 6.07) is 25.0. The summed E-state index contributed by atoms with van der Waals surface area (Å²) >= 11 is 0. The molecule has 174 valence electrons. The molecule has 0 aliphatic heterocycles. The Hall–Kier alpha value is -3.86. The predicted octanol–water partition coefficient (Wildman–Crippen LogP) is 5.65. The van der Waals surface area contributed by atoms with Crippen molar-refractivity contribution in [3.05, 3.63) is 107 Å². The molecule has 0 fully saturated rings. The van der Waals surface area contributed by atoms with Gasteiger partial charge in [0.25, 0.3) is 0 Å². The van der Waals surface area contributed by atoms with Crippen LogP contribution in [-0.2, 0) is 20.7 Å². The van der Waals surface area contributed by atoms with Crippen molar-refractivity contribution in [2.75, 3.05) is 13.2 Å². The van der Waals surface area contributed by atoms with E-state index in [1.54, 1.807) is 0 Å². The van der Waals surface area contributed by atoms with Crippen LogP contribution in [-0.4, -0.2) is 31.3 Å². The number of ether oxygens (including phenoxy) is 2. The van der Waals surface area contributed by atoms with E-state index < -0.39 is 18.1 Å². The van der Waals surface area contributed by atoms with Gasteiger partial charge in [-0.3, -0.25) is 0 Å². The van der Waals surface area contributed by atoms with Crippen molar-refractivity contribution in [3.63, 3.8) is 0 Å². The zero-order valence-corrected chi connectivity index (χ0v) is 19.5. The van der Waals surface area contributed by atoms with Crippen LogP contribution >= 0.6 is 0 Å². The predicted molar refractivity (Wildman–Crippen MR) is 133 cm³/mol. The normalized spacial score (nSPS) is 12.8. The molecule has 1 atom stereocenters. The van der Waals surface area contributed by atoms with Crippen molar-refractivity contribution < 1.29 is 19.1 Å². The van der Waals surface area contributed by atoms with E-state index in [9.17, 15) is 9.59 Å². The topological polar surface area (TPSA) is 64.6 Å². The van der Waals surface area contributed by atoms with Crippen molar-refractivity contribution in [2.45, 2.75) is 32.2 Å². The average molecular weight is 456 g/mol. The number of rotatable bonds is 8. The van der Waals surface area contributed by atoms with Gasteiger partial charge in [0.05, 0.1) is 0 Å². The number of alkyl carbamates (subject to hydrolysis) is 1. The Bertz CT molecular complexity index is 1140. The molecule has 1 N–H and O–H groups in total. The molecule has 0 heterocycles. The van der Waals surface area contributed by atoms with Gasteiger partial charge in [0, 0.05) is 12.3 Å². The van der Waals surface area contributed by atoms with E-state index in [1.807, 2.05) is 74.5 Å². The first-order chi connectivity index (χ1) is 16.5. The summed E-state index contributed by atoms with van der Waals surface area (Å²) in [4.78, 5) is 25.5. The summed E-state index contributed by atoms with van der Waals surface area (Å²) < 4.78 is 11.0. The van der Waals surface area contributed by atoms with Gasteiger partial charge >= 0.3 is 12.1 Å². The molecule has 0 aromatic heterocycles. The fourth-order valence-electron chi connectivity index (χ4n) is 4.22. The summed E-state index contributed by atoms with van der Waals surface area (Å²) in [5.74, 6) is -0.537. The molecule has 0 spiro atoms. The molecular formula is C29H29NO4. The van der Waals surface area contributed by atoms with Gasteiger partial charge in [0.15, 0.2) is 0 Å². The monoisotopic (exact) mass is 455 g/mol. The number of hydrogen-bond acceptors (Lipinski definition) is 4. The second-order valence-electron chi connectivity index (χ2n) is 8.62. The van der Waals surface area contributed by atoms with Crippen molar-refractivity contribution >= 4 is 12.1 Å². The minimum Gasteiger partial charge on any atom is -0.460 e. The second kappa shape index (κ2) is 10.8. The Balaban J connectivity index is 1.43. The first-order valence-electron chi connectivity index (χ1n) is 11.5. The molecule has 0 unspecified atom stereocenters. The maximum absolute atomic E-state index is 12.8. The summed E-state index contributed by atoms with van der Waals surface area (Å²) in [5, 5.41) is 2.72. The summed E-state index contributed by atoms with van der Waals surface area (Å²) in [6.45, 7) is 4.22. The summed E-state index contributed by atoms with van der Waals surface area (Å²) in [5.41, 5.74) is 6.58. The van der Waals surface area contributed by atoms with Crippen molar-refractivity contribution in [3.8, 4) is 11.1 Å². The van der Waals surface area contributed by atoms with Gasteiger partial charge in [-0.15, -0.1) is 0 Å². The van der Waals surface area contributed by atoms with Crippen molar-refractivity contribution in [2.24, 2.45) is 0 Å². The first kappa shape index (κ1) is 23.3. The molecule has 3 aromatic carbocycles. The van der Waals surface area contributed by atoms with Crippen LogP contribution in [0.4, 0.5) is 4.79 Å². The Morgan fingerprint density at radius 2 is 1.44 bits per heavy atom. The molecule has 0 radical (unpaired) electrons. The van der Waals surface area contributed by atoms with Crippen LogP contribution in [0.15, 0.2) is 90.5 Å². The Labute approximate surface area is 200 Å². The number of esters is 1. The standard InChI is InChI=1S/C29H29NO4/c1-20(2)16-17-33-28(31)27(18-21-10-4-3-5-11-21)30-29(32)34-19-26-24-14-8-6-12-22(24)23-13-7-9-15-25(23)26/h3-16,26-27H,17-19H2,1-2H3,(H,30,32)/t27-/m0/s1. The molecular weight excluding hydrogens is 426 g/mol. The molecule has 4 rings (SSSR count). The van der Waals surface area contributed by atoms with Crippen LogP contribution in [0.25, 0.3) is 11.1 Å². The lowest BCUT2D eigenvalue weighted by molar-refractivity contribution is -0.144. The highest BCUT2D eigenvalue weighted by Gasteiger charge is 2.30. The lowest BCUT2D eigenvalue weighted by Gasteiger charge is -2.19. The van der Waals surface area contributed by atoms with E-state index >= 15 is 0 Å². The SMILES string of the molecule is CC(C)=CCOC(=O)[C@H](Cc1ccccc1)NC(=O)OCC1c2ccccc2-c2ccccc21. The molecule has 1 amide bonds. The fourth-order valence-corrected chi connectivity index (χ4v) is 4.22. The molecule has 34 heavy (non-hydrogen) atoms. The quantitative estimate of drug-likeness (QED) is 0.352. The number of carbonyl (C=O) groups excluding carboxylic acids is 2. The van der Waals surface area contributed by atoms with E-state index in [-0.39, 0.29) is 19.1 Å². The van der Waals surface area contributed by atoms with E-state index in [2.05, 4.69) is 29.6 Å². The highest BCUT2D eigenvalue weighted by atomic mass is 16.6. The summed E-state index contributed by atoms with van der Waals surface area (Å²) in [7, 11) is 0. The van der Waals surface area contributed by atoms with Crippen LogP contribution in [0.2, 0.25) is 0 Å². The lowest BCUT2D eigenvalue weighted by Crippen LogP contribution is -2.44. The smallest absolute Gasteiger partial charge is 0.407 e. The number of carbonyl (C=O) groups is 2.